The number of fused-ring (bicyclic) bond motifs is 3. The van der Waals surface area contributed by atoms with Gasteiger partial charge in [0, 0.05) is 41.9 Å². The second kappa shape index (κ2) is 6.53. The van der Waals surface area contributed by atoms with Crippen molar-refractivity contribution >= 4 is 28.4 Å². The fourth-order valence-corrected chi connectivity index (χ4v) is 5.32. The summed E-state index contributed by atoms with van der Waals surface area (Å²) >= 11 is 0. The molecule has 4 aromatic rings. The summed E-state index contributed by atoms with van der Waals surface area (Å²) in [6.45, 7) is 0.407. The zero-order valence-corrected chi connectivity index (χ0v) is 17.3. The summed E-state index contributed by atoms with van der Waals surface area (Å²) in [6, 6.07) is 13.2. The van der Waals surface area contributed by atoms with Gasteiger partial charge in [-0.25, -0.2) is 4.39 Å². The van der Waals surface area contributed by atoms with Crippen molar-refractivity contribution in [2.45, 2.75) is 17.9 Å². The number of hydrogen-bond donors (Lipinski definition) is 2. The number of aryl methyl sites for hydroxylation is 1. The molecule has 8 heteroatoms. The first kappa shape index (κ1) is 18.8. The highest BCUT2D eigenvalue weighted by Crippen LogP contribution is 2.54. The van der Waals surface area contributed by atoms with Crippen LogP contribution >= 0.6 is 0 Å². The molecule has 4 heterocycles. The summed E-state index contributed by atoms with van der Waals surface area (Å²) in [7, 11) is 1.81. The van der Waals surface area contributed by atoms with Crippen LogP contribution in [0.1, 0.15) is 34.1 Å². The number of nitrogens with one attached hydrogen (secondary N) is 2. The molecule has 2 atom stereocenters. The molecule has 2 amide bonds. The van der Waals surface area contributed by atoms with E-state index >= 15 is 0 Å². The van der Waals surface area contributed by atoms with Gasteiger partial charge in [-0.15, -0.1) is 0 Å². The lowest BCUT2D eigenvalue weighted by atomic mass is 9.73. The molecule has 0 radical (unpaired) electrons. The van der Waals surface area contributed by atoms with Gasteiger partial charge in [0.1, 0.15) is 16.9 Å². The van der Waals surface area contributed by atoms with Crippen molar-refractivity contribution < 1.29 is 14.0 Å². The summed E-state index contributed by atoms with van der Waals surface area (Å²) in [5.41, 5.74) is 2.63. The van der Waals surface area contributed by atoms with Crippen LogP contribution in [0.15, 0.2) is 60.9 Å². The van der Waals surface area contributed by atoms with Crippen LogP contribution in [0.25, 0.3) is 10.9 Å². The first-order chi connectivity index (χ1) is 15.5. The third-order valence-corrected chi connectivity index (χ3v) is 6.70. The second-order valence-electron chi connectivity index (χ2n) is 8.48. The molecule has 1 saturated heterocycles. The highest BCUT2D eigenvalue weighted by Gasteiger charge is 2.59. The van der Waals surface area contributed by atoms with E-state index < -0.39 is 11.5 Å². The van der Waals surface area contributed by atoms with Crippen molar-refractivity contribution in [2.24, 2.45) is 7.05 Å². The predicted molar refractivity (Wildman–Crippen MR) is 117 cm³/mol. The van der Waals surface area contributed by atoms with Gasteiger partial charge in [0.15, 0.2) is 0 Å². The van der Waals surface area contributed by atoms with Crippen LogP contribution in [-0.4, -0.2) is 38.0 Å². The fraction of sp³-hybridized carbons (Fsp3) is 0.208. The third-order valence-electron chi connectivity index (χ3n) is 6.70. The first-order valence-corrected chi connectivity index (χ1v) is 10.5. The topological polar surface area (TPSA) is 83.0 Å². The van der Waals surface area contributed by atoms with Gasteiger partial charge in [-0.2, -0.15) is 5.10 Å². The van der Waals surface area contributed by atoms with Crippen LogP contribution in [0.4, 0.5) is 10.1 Å². The number of H-pyrrole nitrogens is 1. The standard InChI is InChI=1S/C24H20FN5O2/c1-29-13-15(12-26-29)21-24(17-4-2-3-5-19(17)28-23(24)32)8-9-30(21)22(31)20-11-14-10-16(25)6-7-18(14)27-20/h2-7,10-13,21,27H,8-9H2,1H3,(H,28,32)/t21-,24+/m0/s1. The number of benzene rings is 2. The zero-order chi connectivity index (χ0) is 22.0. The minimum Gasteiger partial charge on any atom is -0.351 e. The summed E-state index contributed by atoms with van der Waals surface area (Å²) in [5.74, 6) is -0.700. The lowest BCUT2D eigenvalue weighted by Crippen LogP contribution is -2.42. The van der Waals surface area contributed by atoms with E-state index in [1.807, 2.05) is 37.5 Å². The Bertz CT molecular complexity index is 1410. The van der Waals surface area contributed by atoms with Gasteiger partial charge in [0.25, 0.3) is 5.91 Å². The Labute approximate surface area is 182 Å². The number of carbonyl (C=O) groups is 2. The maximum absolute atomic E-state index is 13.7. The SMILES string of the molecule is Cn1cc([C@@H]2N(C(=O)c3cc4cc(F)ccc4[nH]3)CC[C@]23C(=O)Nc2ccccc23)cn1. The fourth-order valence-electron chi connectivity index (χ4n) is 5.32. The average Bonchev–Trinajstić information content (AvgIpc) is 3.53. The Morgan fingerprint density at radius 3 is 2.88 bits per heavy atom. The molecule has 2 N–H and O–H groups in total. The van der Waals surface area contributed by atoms with E-state index in [1.54, 1.807) is 27.9 Å². The smallest absolute Gasteiger partial charge is 0.270 e. The molecule has 2 aliphatic heterocycles. The summed E-state index contributed by atoms with van der Waals surface area (Å²) in [4.78, 5) is 31.9. The van der Waals surface area contributed by atoms with E-state index in [0.717, 1.165) is 16.8 Å². The van der Waals surface area contributed by atoms with Crippen LogP contribution < -0.4 is 5.32 Å². The Balaban J connectivity index is 1.49. The zero-order valence-electron chi connectivity index (χ0n) is 17.3. The molecule has 2 aromatic carbocycles. The molecule has 0 bridgehead atoms. The quantitative estimate of drug-likeness (QED) is 0.512. The van der Waals surface area contributed by atoms with Gasteiger partial charge in [-0.3, -0.25) is 14.3 Å². The molecular formula is C24H20FN5O2. The molecule has 1 spiro atoms. The van der Waals surface area contributed by atoms with E-state index in [1.165, 1.54) is 12.1 Å². The predicted octanol–water partition coefficient (Wildman–Crippen LogP) is 3.52. The van der Waals surface area contributed by atoms with Crippen LogP contribution in [0, 0.1) is 5.82 Å². The van der Waals surface area contributed by atoms with Gasteiger partial charge in [0.05, 0.1) is 12.2 Å². The number of carbonyl (C=O) groups excluding carboxylic acids is 2. The molecular weight excluding hydrogens is 409 g/mol. The van der Waals surface area contributed by atoms with Gasteiger partial charge >= 0.3 is 0 Å². The third kappa shape index (κ3) is 2.49. The van der Waals surface area contributed by atoms with E-state index in [-0.39, 0.29) is 17.6 Å². The number of para-hydroxylation sites is 1. The molecule has 2 aliphatic rings. The number of nitrogens with zero attached hydrogens (tertiary/aromatic N) is 3. The lowest BCUT2D eigenvalue weighted by molar-refractivity contribution is -0.121. The number of aromatic nitrogens is 3. The Kier molecular flexibility index (Phi) is 3.83. The van der Waals surface area contributed by atoms with Crippen molar-refractivity contribution in [3.05, 3.63) is 83.6 Å². The van der Waals surface area contributed by atoms with Crippen molar-refractivity contribution in [1.82, 2.24) is 19.7 Å². The van der Waals surface area contributed by atoms with Crippen molar-refractivity contribution in [2.75, 3.05) is 11.9 Å². The summed E-state index contributed by atoms with van der Waals surface area (Å²) in [5, 5.41) is 7.94. The van der Waals surface area contributed by atoms with Crippen LogP contribution in [0.2, 0.25) is 0 Å². The van der Waals surface area contributed by atoms with Gasteiger partial charge < -0.3 is 15.2 Å². The molecule has 6 rings (SSSR count). The maximum Gasteiger partial charge on any atom is 0.270 e. The van der Waals surface area contributed by atoms with E-state index in [9.17, 15) is 14.0 Å². The molecule has 0 unspecified atom stereocenters. The highest BCUT2D eigenvalue weighted by molar-refractivity contribution is 6.08. The Morgan fingerprint density at radius 2 is 2.06 bits per heavy atom. The number of halogens is 1. The molecule has 160 valence electrons. The number of rotatable bonds is 2. The van der Waals surface area contributed by atoms with Crippen LogP contribution in [-0.2, 0) is 17.3 Å². The molecule has 7 nitrogen and oxygen atoms in total. The molecule has 1 fully saturated rings. The van der Waals surface area contributed by atoms with Crippen molar-refractivity contribution in [3.63, 3.8) is 0 Å². The minimum absolute atomic E-state index is 0.110. The summed E-state index contributed by atoms with van der Waals surface area (Å²) < 4.78 is 15.3. The summed E-state index contributed by atoms with van der Waals surface area (Å²) in [6.07, 6.45) is 4.07. The molecule has 2 aromatic heterocycles. The van der Waals surface area contributed by atoms with Crippen LogP contribution in [0.5, 0.6) is 0 Å². The van der Waals surface area contributed by atoms with Crippen molar-refractivity contribution in [3.8, 4) is 0 Å². The maximum atomic E-state index is 13.7. The van der Waals surface area contributed by atoms with Gasteiger partial charge in [-0.05, 0) is 42.3 Å². The number of hydrogen-bond acceptors (Lipinski definition) is 3. The molecule has 0 aliphatic carbocycles. The van der Waals surface area contributed by atoms with E-state index in [0.29, 0.717) is 29.6 Å². The number of amides is 2. The second-order valence-corrected chi connectivity index (χ2v) is 8.48. The first-order valence-electron chi connectivity index (χ1n) is 10.5. The Hall–Kier alpha value is -3.94. The monoisotopic (exact) mass is 429 g/mol. The van der Waals surface area contributed by atoms with Gasteiger partial charge in [-0.1, -0.05) is 18.2 Å². The van der Waals surface area contributed by atoms with Crippen molar-refractivity contribution in [1.29, 1.82) is 0 Å². The number of aromatic amines is 1. The van der Waals surface area contributed by atoms with Gasteiger partial charge in [0.2, 0.25) is 5.91 Å². The lowest BCUT2D eigenvalue weighted by Gasteiger charge is -2.33. The van der Waals surface area contributed by atoms with E-state index in [4.69, 9.17) is 0 Å². The van der Waals surface area contributed by atoms with E-state index in [2.05, 4.69) is 15.4 Å². The normalized spacial score (nSPS) is 22.0. The number of likely N-dealkylation sites (tertiary alicyclic amines) is 1. The molecule has 32 heavy (non-hydrogen) atoms. The highest BCUT2D eigenvalue weighted by atomic mass is 19.1. The minimum atomic E-state index is -0.895. The largest absolute Gasteiger partial charge is 0.351 e. The Morgan fingerprint density at radius 1 is 1.22 bits per heavy atom. The number of anilines is 1. The average molecular weight is 429 g/mol. The molecule has 0 saturated carbocycles. The van der Waals surface area contributed by atoms with Crippen LogP contribution in [0.3, 0.4) is 0 Å².